The van der Waals surface area contributed by atoms with Crippen molar-refractivity contribution in [2.45, 2.75) is 32.4 Å². The van der Waals surface area contributed by atoms with Crippen LogP contribution in [0.25, 0.3) is 0 Å². The number of carbonyl (C=O) groups excluding carboxylic acids is 2. The van der Waals surface area contributed by atoms with Gasteiger partial charge in [-0.3, -0.25) is 4.79 Å². The minimum absolute atomic E-state index is 0. The number of esters is 1. The van der Waals surface area contributed by atoms with Crippen molar-refractivity contribution < 1.29 is 14.3 Å². The van der Waals surface area contributed by atoms with Gasteiger partial charge in [-0.1, -0.05) is 44.2 Å². The fourth-order valence-electron chi connectivity index (χ4n) is 1.91. The lowest BCUT2D eigenvalue weighted by Crippen LogP contribution is -2.45. The van der Waals surface area contributed by atoms with Gasteiger partial charge >= 0.3 is 5.97 Å². The van der Waals surface area contributed by atoms with Crippen LogP contribution in [0.1, 0.15) is 31.9 Å². The number of methoxy groups -OCH3 is 1. The number of carbonyl (C=O) groups is 2. The van der Waals surface area contributed by atoms with Crippen molar-refractivity contribution >= 4 is 24.3 Å². The molecular formula is C15H23ClN2O3. The van der Waals surface area contributed by atoms with E-state index in [4.69, 9.17) is 10.5 Å². The molecule has 0 saturated heterocycles. The number of ether oxygens (including phenoxy) is 1. The average Bonchev–Trinajstić information content (AvgIpc) is 2.43. The van der Waals surface area contributed by atoms with Crippen molar-refractivity contribution in [2.75, 3.05) is 7.11 Å². The van der Waals surface area contributed by atoms with Crippen LogP contribution in [0, 0.1) is 5.92 Å². The molecule has 0 spiro atoms. The van der Waals surface area contributed by atoms with E-state index in [1.165, 1.54) is 7.11 Å². The molecule has 118 valence electrons. The first-order valence-corrected chi connectivity index (χ1v) is 6.64. The lowest BCUT2D eigenvalue weighted by atomic mass is 10.0. The Hall–Kier alpha value is -1.59. The van der Waals surface area contributed by atoms with Gasteiger partial charge in [0.15, 0.2) is 6.04 Å². The molecule has 0 aromatic heterocycles. The molecule has 0 bridgehead atoms. The third-order valence-electron chi connectivity index (χ3n) is 2.92. The van der Waals surface area contributed by atoms with E-state index in [1.807, 2.05) is 19.9 Å². The minimum Gasteiger partial charge on any atom is -0.467 e. The first kappa shape index (κ1) is 19.4. The van der Waals surface area contributed by atoms with Crippen molar-refractivity contribution in [3.8, 4) is 0 Å². The van der Waals surface area contributed by atoms with E-state index in [-0.39, 0.29) is 18.3 Å². The van der Waals surface area contributed by atoms with Crippen LogP contribution in [0.5, 0.6) is 0 Å². The highest BCUT2D eigenvalue weighted by Gasteiger charge is 2.26. The van der Waals surface area contributed by atoms with Gasteiger partial charge in [0.25, 0.3) is 0 Å². The molecule has 1 amide bonds. The number of rotatable bonds is 6. The van der Waals surface area contributed by atoms with Crippen molar-refractivity contribution in [2.24, 2.45) is 11.7 Å². The summed E-state index contributed by atoms with van der Waals surface area (Å²) < 4.78 is 4.73. The standard InChI is InChI=1S/C15H22N2O3.ClH/c1-10(2)9-12(16)14(18)17-13(15(19)20-3)11-7-5-4-6-8-11;/h4-8,10,12-13H,9,16H2,1-3H3,(H,17,18);1H/t12-,13-;/m0./s1. The monoisotopic (exact) mass is 314 g/mol. The van der Waals surface area contributed by atoms with Gasteiger partial charge in [-0.2, -0.15) is 0 Å². The Morgan fingerprint density at radius 1 is 1.24 bits per heavy atom. The second kappa shape index (κ2) is 9.37. The molecule has 0 aliphatic carbocycles. The molecule has 3 N–H and O–H groups in total. The third-order valence-corrected chi connectivity index (χ3v) is 2.92. The predicted molar refractivity (Wildman–Crippen MR) is 84.0 cm³/mol. The molecule has 0 saturated carbocycles. The zero-order valence-electron chi connectivity index (χ0n) is 12.5. The largest absolute Gasteiger partial charge is 0.467 e. The SMILES string of the molecule is COC(=O)[C@@H](NC(=O)[C@@H](N)CC(C)C)c1ccccc1.Cl. The van der Waals surface area contributed by atoms with E-state index in [0.717, 1.165) is 0 Å². The van der Waals surface area contributed by atoms with E-state index >= 15 is 0 Å². The zero-order chi connectivity index (χ0) is 15.1. The van der Waals surface area contributed by atoms with Gasteiger partial charge < -0.3 is 15.8 Å². The second-order valence-electron chi connectivity index (χ2n) is 5.11. The highest BCUT2D eigenvalue weighted by atomic mass is 35.5. The van der Waals surface area contributed by atoms with Gasteiger partial charge in [-0.15, -0.1) is 12.4 Å². The molecule has 1 aromatic rings. The number of amides is 1. The first-order valence-electron chi connectivity index (χ1n) is 6.64. The number of hydrogen-bond acceptors (Lipinski definition) is 4. The molecule has 0 heterocycles. The van der Waals surface area contributed by atoms with Crippen molar-refractivity contribution in [1.82, 2.24) is 5.32 Å². The molecule has 6 heteroatoms. The predicted octanol–water partition coefficient (Wildman–Crippen LogP) is 1.81. The Labute approximate surface area is 131 Å². The second-order valence-corrected chi connectivity index (χ2v) is 5.11. The molecule has 0 fully saturated rings. The molecule has 0 radical (unpaired) electrons. The van der Waals surface area contributed by atoms with E-state index in [2.05, 4.69) is 5.32 Å². The van der Waals surface area contributed by atoms with Crippen LogP contribution in [-0.2, 0) is 14.3 Å². The van der Waals surface area contributed by atoms with Crippen LogP contribution < -0.4 is 11.1 Å². The van der Waals surface area contributed by atoms with Crippen molar-refractivity contribution in [3.05, 3.63) is 35.9 Å². The molecule has 21 heavy (non-hydrogen) atoms. The summed E-state index contributed by atoms with van der Waals surface area (Å²) >= 11 is 0. The quantitative estimate of drug-likeness (QED) is 0.785. The number of nitrogens with one attached hydrogen (secondary N) is 1. The lowest BCUT2D eigenvalue weighted by molar-refractivity contribution is -0.145. The summed E-state index contributed by atoms with van der Waals surface area (Å²) in [5, 5.41) is 2.65. The number of halogens is 1. The Morgan fingerprint density at radius 3 is 2.29 bits per heavy atom. The van der Waals surface area contributed by atoms with Gasteiger partial charge in [0.1, 0.15) is 0 Å². The normalized spacial score (nSPS) is 13.0. The van der Waals surface area contributed by atoms with E-state index < -0.39 is 18.1 Å². The molecule has 0 aliphatic heterocycles. The van der Waals surface area contributed by atoms with Crippen LogP contribution in [0.4, 0.5) is 0 Å². The lowest BCUT2D eigenvalue weighted by Gasteiger charge is -2.20. The molecule has 1 rings (SSSR count). The smallest absolute Gasteiger partial charge is 0.333 e. The van der Waals surface area contributed by atoms with Gasteiger partial charge in [0.05, 0.1) is 13.2 Å². The van der Waals surface area contributed by atoms with E-state index in [9.17, 15) is 9.59 Å². The maximum Gasteiger partial charge on any atom is 0.333 e. The Kier molecular flexibility index (Phi) is 8.66. The van der Waals surface area contributed by atoms with Gasteiger partial charge in [0.2, 0.25) is 5.91 Å². The summed E-state index contributed by atoms with van der Waals surface area (Å²) in [5.74, 6) is -0.552. The highest BCUT2D eigenvalue weighted by Crippen LogP contribution is 2.15. The van der Waals surface area contributed by atoms with Gasteiger partial charge in [-0.05, 0) is 17.9 Å². The van der Waals surface area contributed by atoms with Crippen LogP contribution in [-0.4, -0.2) is 25.0 Å². The average molecular weight is 315 g/mol. The highest BCUT2D eigenvalue weighted by molar-refractivity contribution is 5.88. The number of nitrogens with two attached hydrogens (primary N) is 1. The first-order chi connectivity index (χ1) is 9.45. The molecule has 2 atom stereocenters. The topological polar surface area (TPSA) is 81.4 Å². The Balaban J connectivity index is 0.00000400. The summed E-state index contributed by atoms with van der Waals surface area (Å²) in [7, 11) is 1.29. The fraction of sp³-hybridized carbons (Fsp3) is 0.467. The Morgan fingerprint density at radius 2 is 1.81 bits per heavy atom. The summed E-state index contributed by atoms with van der Waals surface area (Å²) in [6.45, 7) is 3.98. The molecule has 0 unspecified atom stereocenters. The third kappa shape index (κ3) is 6.14. The summed E-state index contributed by atoms with van der Waals surface area (Å²) in [4.78, 5) is 23.9. The minimum atomic E-state index is -0.827. The van der Waals surface area contributed by atoms with Gasteiger partial charge in [-0.25, -0.2) is 4.79 Å². The zero-order valence-corrected chi connectivity index (χ0v) is 13.4. The molecule has 5 nitrogen and oxygen atoms in total. The van der Waals surface area contributed by atoms with Crippen LogP contribution in [0.15, 0.2) is 30.3 Å². The molecular weight excluding hydrogens is 292 g/mol. The summed E-state index contributed by atoms with van der Waals surface area (Å²) in [5.41, 5.74) is 6.49. The van der Waals surface area contributed by atoms with Gasteiger partial charge in [0, 0.05) is 0 Å². The van der Waals surface area contributed by atoms with Crippen molar-refractivity contribution in [3.63, 3.8) is 0 Å². The van der Waals surface area contributed by atoms with E-state index in [1.54, 1.807) is 24.3 Å². The van der Waals surface area contributed by atoms with Crippen LogP contribution in [0.2, 0.25) is 0 Å². The maximum atomic E-state index is 12.0. The molecule has 0 aliphatic rings. The van der Waals surface area contributed by atoms with Crippen molar-refractivity contribution in [1.29, 1.82) is 0 Å². The summed E-state index contributed by atoms with van der Waals surface area (Å²) in [6, 6.07) is 7.49. The fourth-order valence-corrected chi connectivity index (χ4v) is 1.91. The van der Waals surface area contributed by atoms with Crippen LogP contribution in [0.3, 0.4) is 0 Å². The number of benzene rings is 1. The maximum absolute atomic E-state index is 12.0. The number of hydrogen-bond donors (Lipinski definition) is 2. The summed E-state index contributed by atoms with van der Waals surface area (Å²) in [6.07, 6.45) is 0.564. The van der Waals surface area contributed by atoms with E-state index in [0.29, 0.717) is 17.9 Å². The van der Waals surface area contributed by atoms with Crippen LogP contribution >= 0.6 is 12.4 Å². The Bertz CT molecular complexity index is 451. The molecule has 1 aromatic carbocycles.